The lowest BCUT2D eigenvalue weighted by atomic mass is 9.71. The molecule has 104 valence electrons. The Bertz CT molecular complexity index is 328. The molecule has 0 saturated heterocycles. The first-order valence-electron chi connectivity index (χ1n) is 7.42. The van der Waals surface area contributed by atoms with Crippen molar-refractivity contribution in [2.24, 2.45) is 17.3 Å². The van der Waals surface area contributed by atoms with E-state index in [1.165, 1.54) is 6.42 Å². The fourth-order valence-corrected chi connectivity index (χ4v) is 4.14. The van der Waals surface area contributed by atoms with E-state index in [9.17, 15) is 4.79 Å². The maximum Gasteiger partial charge on any atom is 0.133 e. The number of ketones is 1. The zero-order valence-electron chi connectivity index (χ0n) is 12.6. The van der Waals surface area contributed by atoms with Crippen molar-refractivity contribution in [2.45, 2.75) is 78.4 Å². The summed E-state index contributed by atoms with van der Waals surface area (Å²) < 4.78 is 6.30. The molecule has 0 heterocycles. The van der Waals surface area contributed by atoms with Crippen LogP contribution < -0.4 is 0 Å². The van der Waals surface area contributed by atoms with E-state index >= 15 is 0 Å². The second-order valence-corrected chi connectivity index (χ2v) is 7.63. The van der Waals surface area contributed by atoms with Crippen molar-refractivity contribution in [3.63, 3.8) is 0 Å². The number of hydrogen-bond donors (Lipinski definition) is 0. The molecule has 2 heteroatoms. The SMILES string of the molecule is C[C@@H]1CC(=O)CC[C@@]2(C)[C@@H](OC(C)(C)C)CC[C@H]12. The van der Waals surface area contributed by atoms with Crippen LogP contribution in [0.25, 0.3) is 0 Å². The van der Waals surface area contributed by atoms with Crippen LogP contribution in [-0.4, -0.2) is 17.5 Å². The Kier molecular flexibility index (Phi) is 3.61. The van der Waals surface area contributed by atoms with Gasteiger partial charge in [-0.05, 0) is 57.3 Å². The zero-order chi connectivity index (χ0) is 13.6. The molecule has 0 spiro atoms. The van der Waals surface area contributed by atoms with E-state index in [1.807, 2.05) is 0 Å². The zero-order valence-corrected chi connectivity index (χ0v) is 12.6. The third kappa shape index (κ3) is 2.64. The van der Waals surface area contributed by atoms with Gasteiger partial charge in [0.1, 0.15) is 5.78 Å². The van der Waals surface area contributed by atoms with Crippen LogP contribution in [0, 0.1) is 17.3 Å². The highest BCUT2D eigenvalue weighted by Crippen LogP contribution is 2.54. The largest absolute Gasteiger partial charge is 0.372 e. The minimum atomic E-state index is -0.0812. The van der Waals surface area contributed by atoms with Crippen molar-refractivity contribution in [1.29, 1.82) is 0 Å². The summed E-state index contributed by atoms with van der Waals surface area (Å²) in [5.74, 6) is 1.64. The normalized spacial score (nSPS) is 41.6. The molecule has 2 nitrogen and oxygen atoms in total. The molecule has 2 rings (SSSR count). The van der Waals surface area contributed by atoms with Crippen molar-refractivity contribution < 1.29 is 9.53 Å². The summed E-state index contributed by atoms with van der Waals surface area (Å²) in [7, 11) is 0. The van der Waals surface area contributed by atoms with Gasteiger partial charge in [0.15, 0.2) is 0 Å². The first-order chi connectivity index (χ1) is 8.22. The van der Waals surface area contributed by atoms with E-state index in [4.69, 9.17) is 4.74 Å². The van der Waals surface area contributed by atoms with Crippen LogP contribution >= 0.6 is 0 Å². The van der Waals surface area contributed by atoms with Gasteiger partial charge in [-0.2, -0.15) is 0 Å². The molecule has 0 aromatic rings. The summed E-state index contributed by atoms with van der Waals surface area (Å²) in [5, 5.41) is 0. The number of Topliss-reactive ketones (excluding diaryl/α,β-unsaturated/α-hetero) is 1. The molecule has 2 saturated carbocycles. The predicted octanol–water partition coefficient (Wildman–Crippen LogP) is 3.98. The molecule has 4 atom stereocenters. The van der Waals surface area contributed by atoms with Gasteiger partial charge < -0.3 is 4.74 Å². The van der Waals surface area contributed by atoms with Gasteiger partial charge in [0.2, 0.25) is 0 Å². The van der Waals surface area contributed by atoms with Crippen molar-refractivity contribution >= 4 is 5.78 Å². The van der Waals surface area contributed by atoms with Crippen molar-refractivity contribution in [1.82, 2.24) is 0 Å². The third-order valence-corrected chi connectivity index (χ3v) is 5.00. The molecule has 0 radical (unpaired) electrons. The molecule has 0 N–H and O–H groups in total. The number of hydrogen-bond acceptors (Lipinski definition) is 2. The summed E-state index contributed by atoms with van der Waals surface area (Å²) in [4.78, 5) is 11.8. The third-order valence-electron chi connectivity index (χ3n) is 5.00. The fourth-order valence-electron chi connectivity index (χ4n) is 4.14. The van der Waals surface area contributed by atoms with E-state index in [0.29, 0.717) is 23.7 Å². The molecule has 0 aliphatic heterocycles. The van der Waals surface area contributed by atoms with Gasteiger partial charge >= 0.3 is 0 Å². The maximum absolute atomic E-state index is 11.8. The maximum atomic E-state index is 11.8. The second-order valence-electron chi connectivity index (χ2n) is 7.63. The Morgan fingerprint density at radius 2 is 1.94 bits per heavy atom. The first-order valence-corrected chi connectivity index (χ1v) is 7.42. The molecule has 2 aliphatic carbocycles. The van der Waals surface area contributed by atoms with E-state index in [-0.39, 0.29) is 11.0 Å². The lowest BCUT2D eigenvalue weighted by Crippen LogP contribution is -2.40. The molecule has 0 bridgehead atoms. The van der Waals surface area contributed by atoms with Crippen LogP contribution in [0.1, 0.15) is 66.7 Å². The summed E-state index contributed by atoms with van der Waals surface area (Å²) in [5.41, 5.74) is 0.126. The van der Waals surface area contributed by atoms with Crippen LogP contribution in [0.15, 0.2) is 0 Å². The van der Waals surface area contributed by atoms with Crippen molar-refractivity contribution in [3.05, 3.63) is 0 Å². The van der Waals surface area contributed by atoms with Gasteiger partial charge in [0, 0.05) is 12.8 Å². The van der Waals surface area contributed by atoms with E-state index in [0.717, 1.165) is 25.7 Å². The smallest absolute Gasteiger partial charge is 0.133 e. The number of ether oxygens (including phenoxy) is 1. The Hall–Kier alpha value is -0.370. The molecule has 0 unspecified atom stereocenters. The minimum Gasteiger partial charge on any atom is -0.372 e. The lowest BCUT2D eigenvalue weighted by molar-refractivity contribution is -0.120. The van der Waals surface area contributed by atoms with Crippen LogP contribution in [0.5, 0.6) is 0 Å². The predicted molar refractivity (Wildman–Crippen MR) is 73.5 cm³/mol. The average Bonchev–Trinajstić information content (AvgIpc) is 2.46. The summed E-state index contributed by atoms with van der Waals surface area (Å²) in [6.45, 7) is 11.0. The molecule has 2 fully saturated rings. The quantitative estimate of drug-likeness (QED) is 0.705. The van der Waals surface area contributed by atoms with Crippen LogP contribution in [0.2, 0.25) is 0 Å². The van der Waals surface area contributed by atoms with Gasteiger partial charge in [-0.15, -0.1) is 0 Å². The monoisotopic (exact) mass is 252 g/mol. The Morgan fingerprint density at radius 3 is 2.56 bits per heavy atom. The van der Waals surface area contributed by atoms with Gasteiger partial charge in [0.25, 0.3) is 0 Å². The van der Waals surface area contributed by atoms with E-state index < -0.39 is 0 Å². The second kappa shape index (κ2) is 4.63. The number of carbonyl (C=O) groups is 1. The number of fused-ring (bicyclic) bond motifs is 1. The number of carbonyl (C=O) groups excluding carboxylic acids is 1. The summed E-state index contributed by atoms with van der Waals surface area (Å²) in [6.07, 6.45) is 5.27. The van der Waals surface area contributed by atoms with Gasteiger partial charge in [-0.25, -0.2) is 0 Å². The summed E-state index contributed by atoms with van der Waals surface area (Å²) >= 11 is 0. The van der Waals surface area contributed by atoms with Gasteiger partial charge in [-0.1, -0.05) is 13.8 Å². The van der Waals surface area contributed by atoms with Gasteiger partial charge in [-0.3, -0.25) is 4.79 Å². The van der Waals surface area contributed by atoms with Crippen molar-refractivity contribution in [2.75, 3.05) is 0 Å². The minimum absolute atomic E-state index is 0.0812. The Balaban J connectivity index is 2.20. The highest BCUT2D eigenvalue weighted by Gasteiger charge is 2.51. The van der Waals surface area contributed by atoms with E-state index in [1.54, 1.807) is 0 Å². The average molecular weight is 252 g/mol. The Morgan fingerprint density at radius 1 is 1.28 bits per heavy atom. The first kappa shape index (κ1) is 14.0. The molecule has 0 aromatic heterocycles. The Labute approximate surface area is 111 Å². The molecule has 18 heavy (non-hydrogen) atoms. The number of rotatable bonds is 1. The molecular formula is C16H28O2. The molecular weight excluding hydrogens is 224 g/mol. The highest BCUT2D eigenvalue weighted by molar-refractivity contribution is 5.79. The molecule has 0 amide bonds. The standard InChI is InChI=1S/C16H28O2/c1-11-10-12(17)8-9-16(5)13(11)6-7-14(16)18-15(2,3)4/h11,13-14H,6-10H2,1-5H3/t11-,13-,14+,16-/m1/s1. The van der Waals surface area contributed by atoms with Gasteiger partial charge in [0.05, 0.1) is 11.7 Å². The lowest BCUT2D eigenvalue weighted by Gasteiger charge is -2.40. The topological polar surface area (TPSA) is 26.3 Å². The van der Waals surface area contributed by atoms with E-state index in [2.05, 4.69) is 34.6 Å². The molecule has 0 aromatic carbocycles. The van der Waals surface area contributed by atoms with Crippen LogP contribution in [-0.2, 0) is 9.53 Å². The summed E-state index contributed by atoms with van der Waals surface area (Å²) in [6, 6.07) is 0. The van der Waals surface area contributed by atoms with Crippen LogP contribution in [0.3, 0.4) is 0 Å². The highest BCUT2D eigenvalue weighted by atomic mass is 16.5. The van der Waals surface area contributed by atoms with Crippen molar-refractivity contribution in [3.8, 4) is 0 Å². The van der Waals surface area contributed by atoms with Crippen LogP contribution in [0.4, 0.5) is 0 Å². The molecule has 2 aliphatic rings. The fraction of sp³-hybridized carbons (Fsp3) is 0.938.